The zero-order valence-electron chi connectivity index (χ0n) is 8.88. The maximum Gasteiger partial charge on any atom is 0.159 e. The molecule has 0 spiro atoms. The highest BCUT2D eigenvalue weighted by Crippen LogP contribution is 2.28. The Bertz CT molecular complexity index is 623. The molecule has 0 aliphatic rings. The lowest BCUT2D eigenvalue weighted by Gasteiger charge is -2.07. The molecular formula is C13H6F4O. The molecule has 0 heterocycles. The summed E-state index contributed by atoms with van der Waals surface area (Å²) in [5.41, 5.74) is -0.740. The predicted octanol–water partition coefficient (Wildman–Crippen LogP) is 3.72. The highest BCUT2D eigenvalue weighted by Gasteiger charge is 2.14. The number of rotatable bonds is 2. The van der Waals surface area contributed by atoms with Gasteiger partial charge in [0.1, 0.15) is 11.6 Å². The molecule has 0 unspecified atom stereocenters. The summed E-state index contributed by atoms with van der Waals surface area (Å²) in [5.74, 6) is -4.03. The molecule has 0 bridgehead atoms. The van der Waals surface area contributed by atoms with Crippen molar-refractivity contribution in [1.29, 1.82) is 0 Å². The van der Waals surface area contributed by atoms with Crippen LogP contribution in [0.4, 0.5) is 17.6 Å². The van der Waals surface area contributed by atoms with E-state index in [-0.39, 0.29) is 23.0 Å². The first-order valence-electron chi connectivity index (χ1n) is 4.92. The molecule has 0 fully saturated rings. The second-order valence-corrected chi connectivity index (χ2v) is 3.60. The van der Waals surface area contributed by atoms with Crippen LogP contribution in [-0.2, 0) is 0 Å². The summed E-state index contributed by atoms with van der Waals surface area (Å²) in [6.07, 6.45) is 0.252. The van der Waals surface area contributed by atoms with Gasteiger partial charge in [0.2, 0.25) is 0 Å². The molecular weight excluding hydrogens is 248 g/mol. The van der Waals surface area contributed by atoms with Crippen molar-refractivity contribution in [3.63, 3.8) is 0 Å². The first-order chi connectivity index (χ1) is 8.52. The summed E-state index contributed by atoms with van der Waals surface area (Å²) in [6.45, 7) is 0. The Balaban J connectivity index is 2.73. The second-order valence-electron chi connectivity index (χ2n) is 3.60. The van der Waals surface area contributed by atoms with Crippen LogP contribution in [-0.4, -0.2) is 6.29 Å². The van der Waals surface area contributed by atoms with Crippen LogP contribution >= 0.6 is 0 Å². The molecule has 92 valence electrons. The molecule has 0 saturated heterocycles. The molecule has 5 heteroatoms. The topological polar surface area (TPSA) is 17.1 Å². The zero-order chi connectivity index (χ0) is 13.3. The second kappa shape index (κ2) is 4.60. The average Bonchev–Trinajstić information content (AvgIpc) is 2.35. The van der Waals surface area contributed by atoms with Gasteiger partial charge in [-0.25, -0.2) is 17.6 Å². The lowest BCUT2D eigenvalue weighted by atomic mass is 9.99. The Morgan fingerprint density at radius 1 is 0.778 bits per heavy atom. The smallest absolute Gasteiger partial charge is 0.159 e. The van der Waals surface area contributed by atoms with Gasteiger partial charge in [-0.1, -0.05) is 0 Å². The molecule has 0 aromatic heterocycles. The van der Waals surface area contributed by atoms with Crippen LogP contribution in [0.15, 0.2) is 30.3 Å². The molecule has 18 heavy (non-hydrogen) atoms. The number of halogens is 4. The number of carbonyl (C=O) groups is 1. The van der Waals surface area contributed by atoms with Gasteiger partial charge >= 0.3 is 0 Å². The van der Waals surface area contributed by atoms with Crippen molar-refractivity contribution in [3.05, 3.63) is 59.2 Å². The summed E-state index contributed by atoms with van der Waals surface area (Å²) in [6, 6.07) is 3.85. The van der Waals surface area contributed by atoms with E-state index in [1.54, 1.807) is 0 Å². The molecule has 0 aliphatic heterocycles. The lowest BCUT2D eigenvalue weighted by molar-refractivity contribution is 0.112. The van der Waals surface area contributed by atoms with E-state index in [4.69, 9.17) is 0 Å². The first kappa shape index (κ1) is 12.3. The molecule has 0 N–H and O–H groups in total. The Kier molecular flexibility index (Phi) is 3.14. The molecule has 0 saturated carbocycles. The van der Waals surface area contributed by atoms with E-state index in [0.29, 0.717) is 12.1 Å². The molecule has 0 radical (unpaired) electrons. The summed E-state index contributed by atoms with van der Waals surface area (Å²) >= 11 is 0. The quantitative estimate of drug-likeness (QED) is 0.589. The molecule has 1 nitrogen and oxygen atoms in total. The van der Waals surface area contributed by atoms with Gasteiger partial charge in [0.25, 0.3) is 0 Å². The standard InChI is InChI=1S/C13H6F4O/c14-8-1-2-11(15)10(4-8)9-5-13(17)12(16)3-7(9)6-18/h1-6H. The number of aldehydes is 1. The van der Waals surface area contributed by atoms with Crippen LogP contribution in [0.3, 0.4) is 0 Å². The largest absolute Gasteiger partial charge is 0.298 e. The van der Waals surface area contributed by atoms with Crippen LogP contribution in [0.5, 0.6) is 0 Å². The van der Waals surface area contributed by atoms with E-state index >= 15 is 0 Å². The fourth-order valence-corrected chi connectivity index (χ4v) is 1.60. The third-order valence-electron chi connectivity index (χ3n) is 2.44. The molecule has 2 aromatic rings. The molecule has 2 aromatic carbocycles. The number of carbonyl (C=O) groups excluding carboxylic acids is 1. The highest BCUT2D eigenvalue weighted by atomic mass is 19.2. The van der Waals surface area contributed by atoms with Crippen molar-refractivity contribution in [1.82, 2.24) is 0 Å². The van der Waals surface area contributed by atoms with Crippen LogP contribution in [0.25, 0.3) is 11.1 Å². The van der Waals surface area contributed by atoms with Crippen molar-refractivity contribution >= 4 is 6.29 Å². The Morgan fingerprint density at radius 2 is 1.44 bits per heavy atom. The van der Waals surface area contributed by atoms with Crippen LogP contribution in [0, 0.1) is 23.3 Å². The van der Waals surface area contributed by atoms with Crippen molar-refractivity contribution in [2.45, 2.75) is 0 Å². The van der Waals surface area contributed by atoms with E-state index in [1.165, 1.54) is 0 Å². The maximum absolute atomic E-state index is 13.5. The molecule has 0 atom stereocenters. The minimum atomic E-state index is -1.24. The van der Waals surface area contributed by atoms with Gasteiger partial charge in [0, 0.05) is 11.1 Å². The lowest BCUT2D eigenvalue weighted by Crippen LogP contribution is -1.96. The van der Waals surface area contributed by atoms with E-state index in [9.17, 15) is 22.4 Å². The van der Waals surface area contributed by atoms with Gasteiger partial charge in [0.15, 0.2) is 17.9 Å². The SMILES string of the molecule is O=Cc1cc(F)c(F)cc1-c1cc(F)ccc1F. The third-order valence-corrected chi connectivity index (χ3v) is 2.44. The average molecular weight is 254 g/mol. The van der Waals surface area contributed by atoms with Crippen molar-refractivity contribution in [2.75, 3.05) is 0 Å². The van der Waals surface area contributed by atoms with Gasteiger partial charge in [-0.3, -0.25) is 4.79 Å². The van der Waals surface area contributed by atoms with Crippen molar-refractivity contribution in [2.24, 2.45) is 0 Å². The number of benzene rings is 2. The van der Waals surface area contributed by atoms with Gasteiger partial charge in [-0.2, -0.15) is 0 Å². The van der Waals surface area contributed by atoms with Gasteiger partial charge < -0.3 is 0 Å². The van der Waals surface area contributed by atoms with E-state index < -0.39 is 23.3 Å². The molecule has 0 amide bonds. The highest BCUT2D eigenvalue weighted by molar-refractivity contribution is 5.87. The summed E-state index contributed by atoms with van der Waals surface area (Å²) in [7, 11) is 0. The number of hydrogen-bond donors (Lipinski definition) is 0. The maximum atomic E-state index is 13.5. The van der Waals surface area contributed by atoms with Gasteiger partial charge in [-0.05, 0) is 35.9 Å². The Hall–Kier alpha value is -2.17. The first-order valence-corrected chi connectivity index (χ1v) is 4.92. The third kappa shape index (κ3) is 2.11. The van der Waals surface area contributed by atoms with Gasteiger partial charge in [-0.15, -0.1) is 0 Å². The summed E-state index contributed by atoms with van der Waals surface area (Å²) in [5, 5.41) is 0. The summed E-state index contributed by atoms with van der Waals surface area (Å²) in [4.78, 5) is 10.8. The molecule has 0 aliphatic carbocycles. The van der Waals surface area contributed by atoms with Crippen molar-refractivity contribution in [3.8, 4) is 11.1 Å². The van der Waals surface area contributed by atoms with Crippen molar-refractivity contribution < 1.29 is 22.4 Å². The van der Waals surface area contributed by atoms with E-state index in [2.05, 4.69) is 0 Å². The minimum Gasteiger partial charge on any atom is -0.298 e. The monoisotopic (exact) mass is 254 g/mol. The van der Waals surface area contributed by atoms with Crippen LogP contribution in [0.1, 0.15) is 10.4 Å². The van der Waals surface area contributed by atoms with E-state index in [0.717, 1.165) is 18.2 Å². The van der Waals surface area contributed by atoms with Crippen LogP contribution in [0.2, 0.25) is 0 Å². The fourth-order valence-electron chi connectivity index (χ4n) is 1.60. The summed E-state index contributed by atoms with van der Waals surface area (Å²) < 4.78 is 52.6. The van der Waals surface area contributed by atoms with Gasteiger partial charge in [0.05, 0.1) is 0 Å². The molecule has 2 rings (SSSR count). The normalized spacial score (nSPS) is 10.4. The predicted molar refractivity (Wildman–Crippen MR) is 57.1 cm³/mol. The minimum absolute atomic E-state index is 0.194. The van der Waals surface area contributed by atoms with E-state index in [1.807, 2.05) is 0 Å². The Labute approximate surface area is 99.7 Å². The zero-order valence-corrected chi connectivity index (χ0v) is 8.88. The number of hydrogen-bond acceptors (Lipinski definition) is 1. The van der Waals surface area contributed by atoms with Crippen LogP contribution < -0.4 is 0 Å². The Morgan fingerprint density at radius 3 is 2.11 bits per heavy atom. The fraction of sp³-hybridized carbons (Fsp3) is 0.